The quantitative estimate of drug-likeness (QED) is 0.668. The molecule has 0 unspecified atom stereocenters. The molecule has 1 rings (SSSR count). The predicted molar refractivity (Wildman–Crippen MR) is 66.3 cm³/mol. The normalized spacial score (nSPS) is 11.5. The highest BCUT2D eigenvalue weighted by Gasteiger charge is 2.26. The molecular formula is C12H12ClNO4. The molecule has 96 valence electrons. The lowest BCUT2D eigenvalue weighted by molar-refractivity contribution is -0.157. The number of carbonyl (C=O) groups is 3. The summed E-state index contributed by atoms with van der Waals surface area (Å²) >= 11 is 5.85. The molecule has 0 radical (unpaired) electrons. The molecule has 0 saturated carbocycles. The average Bonchev–Trinajstić information content (AvgIpc) is 2.28. The second kappa shape index (κ2) is 6.16. The molecule has 1 aromatic rings. The number of anilines is 1. The summed E-state index contributed by atoms with van der Waals surface area (Å²) in [5.74, 6) is -2.00. The molecule has 0 fully saturated rings. The van der Waals surface area contributed by atoms with Crippen molar-refractivity contribution in [3.63, 3.8) is 0 Å². The lowest BCUT2D eigenvalue weighted by Crippen LogP contribution is -2.37. The highest BCUT2D eigenvalue weighted by Crippen LogP contribution is 2.20. The molecule has 1 aromatic carbocycles. The number of hydrogen-bond acceptors (Lipinski definition) is 4. The van der Waals surface area contributed by atoms with Crippen LogP contribution in [0.2, 0.25) is 5.02 Å². The first kappa shape index (κ1) is 14.2. The maximum Gasteiger partial charge on any atom is 0.303 e. The van der Waals surface area contributed by atoms with E-state index in [1.54, 1.807) is 24.3 Å². The van der Waals surface area contributed by atoms with E-state index in [2.05, 4.69) is 10.1 Å². The van der Waals surface area contributed by atoms with Gasteiger partial charge in [-0.2, -0.15) is 0 Å². The molecule has 1 amide bonds. The first-order valence-electron chi connectivity index (χ1n) is 5.15. The molecule has 0 spiro atoms. The molecule has 0 aromatic heterocycles. The summed E-state index contributed by atoms with van der Waals surface area (Å²) in [6.45, 7) is 2.29. The van der Waals surface area contributed by atoms with Gasteiger partial charge in [0.05, 0.1) is 10.7 Å². The number of ether oxygens (including phenoxy) is 1. The number of para-hydroxylation sites is 1. The zero-order valence-corrected chi connectivity index (χ0v) is 10.7. The van der Waals surface area contributed by atoms with Gasteiger partial charge in [-0.15, -0.1) is 0 Å². The standard InChI is InChI=1S/C12H12ClNO4/c1-7(15)11(18-8(2)16)12(17)14-10-6-4-3-5-9(10)13/h3-6,11H,1-2H3,(H,14,17)/t11-/m1/s1. The van der Waals surface area contributed by atoms with Gasteiger partial charge in [0.1, 0.15) is 0 Å². The van der Waals surface area contributed by atoms with Crippen molar-refractivity contribution in [3.05, 3.63) is 29.3 Å². The highest BCUT2D eigenvalue weighted by atomic mass is 35.5. The molecule has 1 atom stereocenters. The Bertz CT molecular complexity index is 487. The largest absolute Gasteiger partial charge is 0.444 e. The summed E-state index contributed by atoms with van der Waals surface area (Å²) in [5.41, 5.74) is 0.350. The minimum absolute atomic E-state index is 0.330. The predicted octanol–water partition coefficient (Wildman–Crippen LogP) is 1.80. The van der Waals surface area contributed by atoms with Crippen molar-refractivity contribution in [1.29, 1.82) is 0 Å². The summed E-state index contributed by atoms with van der Waals surface area (Å²) in [6, 6.07) is 6.54. The van der Waals surface area contributed by atoms with E-state index in [9.17, 15) is 14.4 Å². The van der Waals surface area contributed by atoms with E-state index in [0.29, 0.717) is 10.7 Å². The Morgan fingerprint density at radius 3 is 2.33 bits per heavy atom. The summed E-state index contributed by atoms with van der Waals surface area (Å²) in [4.78, 5) is 33.8. The minimum atomic E-state index is -1.46. The van der Waals surface area contributed by atoms with E-state index in [0.717, 1.165) is 6.92 Å². The van der Waals surface area contributed by atoms with E-state index in [1.165, 1.54) is 6.92 Å². The van der Waals surface area contributed by atoms with Crippen LogP contribution in [0.4, 0.5) is 5.69 Å². The van der Waals surface area contributed by atoms with Crippen molar-refractivity contribution in [2.24, 2.45) is 0 Å². The number of amides is 1. The fourth-order valence-corrected chi connectivity index (χ4v) is 1.43. The van der Waals surface area contributed by atoms with Crippen LogP contribution in [0.5, 0.6) is 0 Å². The molecule has 0 bridgehead atoms. The maximum atomic E-state index is 11.8. The Morgan fingerprint density at radius 1 is 1.22 bits per heavy atom. The third-order valence-corrected chi connectivity index (χ3v) is 2.35. The van der Waals surface area contributed by atoms with Gasteiger partial charge in [0.25, 0.3) is 5.91 Å². The Labute approximate surface area is 109 Å². The number of hydrogen-bond donors (Lipinski definition) is 1. The summed E-state index contributed by atoms with van der Waals surface area (Å²) in [5, 5.41) is 2.76. The van der Waals surface area contributed by atoms with E-state index < -0.39 is 23.8 Å². The Morgan fingerprint density at radius 2 is 1.83 bits per heavy atom. The van der Waals surface area contributed by atoms with Gasteiger partial charge in [0.15, 0.2) is 5.78 Å². The number of carbonyl (C=O) groups excluding carboxylic acids is 3. The van der Waals surface area contributed by atoms with Crippen LogP contribution in [-0.4, -0.2) is 23.8 Å². The van der Waals surface area contributed by atoms with Crippen molar-refractivity contribution < 1.29 is 19.1 Å². The van der Waals surface area contributed by atoms with Crippen LogP contribution in [0.25, 0.3) is 0 Å². The molecule has 18 heavy (non-hydrogen) atoms. The van der Waals surface area contributed by atoms with Gasteiger partial charge in [-0.3, -0.25) is 14.4 Å². The number of esters is 1. The van der Waals surface area contributed by atoms with Crippen molar-refractivity contribution in [2.75, 3.05) is 5.32 Å². The van der Waals surface area contributed by atoms with E-state index >= 15 is 0 Å². The number of halogens is 1. The van der Waals surface area contributed by atoms with Crippen molar-refractivity contribution in [1.82, 2.24) is 0 Å². The monoisotopic (exact) mass is 269 g/mol. The number of rotatable bonds is 4. The molecule has 0 saturated heterocycles. The fraction of sp³-hybridized carbons (Fsp3) is 0.250. The number of ketones is 1. The van der Waals surface area contributed by atoms with Crippen LogP contribution in [0, 0.1) is 0 Å². The number of benzene rings is 1. The van der Waals surface area contributed by atoms with E-state index in [1.807, 2.05) is 0 Å². The van der Waals surface area contributed by atoms with Gasteiger partial charge in [-0.05, 0) is 19.1 Å². The van der Waals surface area contributed by atoms with E-state index in [-0.39, 0.29) is 0 Å². The molecule has 0 aliphatic heterocycles. The van der Waals surface area contributed by atoms with Gasteiger partial charge in [-0.25, -0.2) is 0 Å². The molecule has 0 aliphatic rings. The molecule has 0 heterocycles. The first-order chi connectivity index (χ1) is 8.41. The van der Waals surface area contributed by atoms with Crippen LogP contribution in [-0.2, 0) is 19.1 Å². The van der Waals surface area contributed by atoms with Gasteiger partial charge >= 0.3 is 5.97 Å². The SMILES string of the molecule is CC(=O)O[C@H](C(C)=O)C(=O)Nc1ccccc1Cl. The molecule has 6 heteroatoms. The second-order valence-corrected chi connectivity index (χ2v) is 3.98. The minimum Gasteiger partial charge on any atom is -0.444 e. The van der Waals surface area contributed by atoms with Crippen molar-refractivity contribution in [2.45, 2.75) is 20.0 Å². The highest BCUT2D eigenvalue weighted by molar-refractivity contribution is 6.33. The fourth-order valence-electron chi connectivity index (χ4n) is 1.25. The van der Waals surface area contributed by atoms with Crippen LogP contribution >= 0.6 is 11.6 Å². The Kier molecular flexibility index (Phi) is 4.85. The number of Topliss-reactive ketones (excluding diaryl/α,β-unsaturated/α-hetero) is 1. The zero-order chi connectivity index (χ0) is 13.7. The molecular weight excluding hydrogens is 258 g/mol. The Balaban J connectivity index is 2.82. The zero-order valence-electron chi connectivity index (χ0n) is 9.90. The average molecular weight is 270 g/mol. The summed E-state index contributed by atoms with van der Waals surface area (Å²) in [6.07, 6.45) is -1.46. The smallest absolute Gasteiger partial charge is 0.303 e. The van der Waals surface area contributed by atoms with Gasteiger partial charge in [0.2, 0.25) is 6.10 Å². The third kappa shape index (κ3) is 3.85. The van der Waals surface area contributed by atoms with Crippen LogP contribution in [0.1, 0.15) is 13.8 Å². The summed E-state index contributed by atoms with van der Waals surface area (Å²) < 4.78 is 4.64. The third-order valence-electron chi connectivity index (χ3n) is 2.02. The van der Waals surface area contributed by atoms with Gasteiger partial charge in [0, 0.05) is 6.92 Å². The van der Waals surface area contributed by atoms with Crippen LogP contribution < -0.4 is 5.32 Å². The van der Waals surface area contributed by atoms with Crippen molar-refractivity contribution in [3.8, 4) is 0 Å². The maximum absolute atomic E-state index is 11.8. The van der Waals surface area contributed by atoms with Crippen LogP contribution in [0.3, 0.4) is 0 Å². The lowest BCUT2D eigenvalue weighted by atomic mass is 10.2. The topological polar surface area (TPSA) is 72.5 Å². The van der Waals surface area contributed by atoms with Gasteiger partial charge < -0.3 is 10.1 Å². The number of nitrogens with one attached hydrogen (secondary N) is 1. The first-order valence-corrected chi connectivity index (χ1v) is 5.52. The van der Waals surface area contributed by atoms with Crippen LogP contribution in [0.15, 0.2) is 24.3 Å². The lowest BCUT2D eigenvalue weighted by Gasteiger charge is -2.14. The molecule has 0 aliphatic carbocycles. The van der Waals surface area contributed by atoms with E-state index in [4.69, 9.17) is 11.6 Å². The van der Waals surface area contributed by atoms with Gasteiger partial charge in [-0.1, -0.05) is 23.7 Å². The second-order valence-electron chi connectivity index (χ2n) is 3.57. The Hall–Kier alpha value is -1.88. The summed E-state index contributed by atoms with van der Waals surface area (Å²) in [7, 11) is 0. The molecule has 1 N–H and O–H groups in total. The van der Waals surface area contributed by atoms with Crippen molar-refractivity contribution >= 4 is 34.9 Å². The molecule has 5 nitrogen and oxygen atoms in total.